The van der Waals surface area contributed by atoms with Crippen LogP contribution in [0.5, 0.6) is 0 Å². The van der Waals surface area contributed by atoms with Crippen molar-refractivity contribution in [1.82, 2.24) is 10.1 Å². The number of hydrogen-bond donors (Lipinski definition) is 1. The lowest BCUT2D eigenvalue weighted by Crippen LogP contribution is -2.67. The molecule has 1 unspecified atom stereocenters. The Morgan fingerprint density at radius 1 is 1.33 bits per heavy atom. The number of carboxylic acids is 1. The molecule has 30 heavy (non-hydrogen) atoms. The molecule has 4 rings (SSSR count). The van der Waals surface area contributed by atoms with Gasteiger partial charge >= 0.3 is 12.1 Å². The zero-order valence-corrected chi connectivity index (χ0v) is 17.3. The molecule has 3 fully saturated rings. The Morgan fingerprint density at radius 3 is 2.47 bits per heavy atom. The lowest BCUT2D eigenvalue weighted by Gasteiger charge is -2.49. The number of halogens is 3. The number of rotatable bonds is 6. The van der Waals surface area contributed by atoms with Crippen molar-refractivity contribution in [3.8, 4) is 0 Å². The van der Waals surface area contributed by atoms with Gasteiger partial charge in [0.05, 0.1) is 18.1 Å². The monoisotopic (exact) mass is 454 g/mol. The molecule has 1 aliphatic carbocycles. The highest BCUT2D eigenvalue weighted by Gasteiger charge is 2.61. The van der Waals surface area contributed by atoms with Crippen LogP contribution in [0.15, 0.2) is 10.6 Å². The van der Waals surface area contributed by atoms with Gasteiger partial charge in [0.1, 0.15) is 10.5 Å². The maximum absolute atomic E-state index is 12.6. The summed E-state index contributed by atoms with van der Waals surface area (Å²) in [5.41, 5.74) is 0.870. The van der Waals surface area contributed by atoms with E-state index in [2.05, 4.69) is 10.1 Å². The highest BCUT2D eigenvalue weighted by Crippen LogP contribution is 2.45. The minimum absolute atomic E-state index is 0.140. The normalized spacial score (nSPS) is 24.9. The van der Waals surface area contributed by atoms with Gasteiger partial charge < -0.3 is 14.4 Å². The van der Waals surface area contributed by atoms with E-state index in [-0.39, 0.29) is 5.92 Å². The van der Waals surface area contributed by atoms with Crippen molar-refractivity contribution in [2.75, 3.05) is 32.1 Å². The van der Waals surface area contributed by atoms with Crippen LogP contribution in [0.3, 0.4) is 0 Å². The number of aryl methyl sites for hydroxylation is 1. The molecule has 2 aliphatic heterocycles. The summed E-state index contributed by atoms with van der Waals surface area (Å²) >= 11 is 0. The van der Waals surface area contributed by atoms with Crippen LogP contribution in [0.1, 0.15) is 30.7 Å². The largest absolute Gasteiger partial charge is 0.490 e. The predicted molar refractivity (Wildman–Crippen MR) is 98.4 cm³/mol. The number of likely N-dealkylation sites (tertiary alicyclic amines) is 1. The molecule has 0 amide bonds. The Labute approximate surface area is 172 Å². The number of aliphatic carboxylic acids is 1. The van der Waals surface area contributed by atoms with E-state index in [0.29, 0.717) is 32.0 Å². The van der Waals surface area contributed by atoms with E-state index in [1.165, 1.54) is 12.8 Å². The van der Waals surface area contributed by atoms with Gasteiger partial charge in [-0.2, -0.15) is 13.2 Å². The standard InChI is InChI=1S/C16H24N2O4S.C2HF3O2/c1-12-6-15(17-22-12)7-18-10-16(11-18)14(4-5-23(16,19)20)9-21-8-13-2-3-13;3-2(4,5)1(6)7/h6,13-14H,2-5,7-11H2,1H3;(H,6,7). The smallest absolute Gasteiger partial charge is 0.475 e. The van der Waals surface area contributed by atoms with Crippen LogP contribution in [0.25, 0.3) is 0 Å². The zero-order chi connectivity index (χ0) is 22.2. The molecule has 1 N–H and O–H groups in total. The molecule has 0 radical (unpaired) electrons. The molecule has 1 aromatic heterocycles. The van der Waals surface area contributed by atoms with E-state index < -0.39 is 26.7 Å². The molecule has 1 saturated carbocycles. The maximum Gasteiger partial charge on any atom is 0.490 e. The summed E-state index contributed by atoms with van der Waals surface area (Å²) in [6, 6.07) is 1.91. The van der Waals surface area contributed by atoms with Crippen molar-refractivity contribution < 1.29 is 40.8 Å². The van der Waals surface area contributed by atoms with E-state index in [4.69, 9.17) is 19.2 Å². The summed E-state index contributed by atoms with van der Waals surface area (Å²) in [5, 5.41) is 11.1. The van der Waals surface area contributed by atoms with Crippen molar-refractivity contribution in [1.29, 1.82) is 0 Å². The molecule has 8 nitrogen and oxygen atoms in total. The Morgan fingerprint density at radius 2 is 1.97 bits per heavy atom. The third-order valence-corrected chi connectivity index (χ3v) is 8.36. The summed E-state index contributed by atoms with van der Waals surface area (Å²) in [7, 11) is -3.02. The second kappa shape index (κ2) is 8.46. The van der Waals surface area contributed by atoms with Crippen molar-refractivity contribution in [3.63, 3.8) is 0 Å². The topological polar surface area (TPSA) is 110 Å². The fourth-order valence-corrected chi connectivity index (χ4v) is 6.37. The molecule has 170 valence electrons. The van der Waals surface area contributed by atoms with Crippen LogP contribution in [-0.2, 0) is 25.9 Å². The van der Waals surface area contributed by atoms with Crippen LogP contribution < -0.4 is 0 Å². The van der Waals surface area contributed by atoms with E-state index in [1.807, 2.05) is 13.0 Å². The molecule has 3 heterocycles. The maximum atomic E-state index is 12.6. The van der Waals surface area contributed by atoms with Gasteiger partial charge in [-0.05, 0) is 32.1 Å². The fourth-order valence-electron chi connectivity index (χ4n) is 3.91. The summed E-state index contributed by atoms with van der Waals surface area (Å²) in [4.78, 5) is 11.0. The third-order valence-electron chi connectivity index (χ3n) is 5.76. The van der Waals surface area contributed by atoms with Gasteiger partial charge in [-0.15, -0.1) is 0 Å². The number of sulfone groups is 1. The van der Waals surface area contributed by atoms with Crippen molar-refractivity contribution >= 4 is 15.8 Å². The molecule has 1 aromatic rings. The molecule has 12 heteroatoms. The second-order valence-corrected chi connectivity index (χ2v) is 10.7. The highest BCUT2D eigenvalue weighted by atomic mass is 32.2. The number of nitrogens with zero attached hydrogens (tertiary/aromatic N) is 2. The summed E-state index contributed by atoms with van der Waals surface area (Å²) < 4.78 is 67.2. The van der Waals surface area contributed by atoms with E-state index >= 15 is 0 Å². The lowest BCUT2D eigenvalue weighted by molar-refractivity contribution is -0.192. The number of ether oxygens (including phenoxy) is 1. The number of hydrogen-bond acceptors (Lipinski definition) is 7. The van der Waals surface area contributed by atoms with Crippen molar-refractivity contribution in [3.05, 3.63) is 17.5 Å². The van der Waals surface area contributed by atoms with Crippen LogP contribution in [-0.4, -0.2) is 72.5 Å². The van der Waals surface area contributed by atoms with E-state index in [0.717, 1.165) is 30.4 Å². The minimum atomic E-state index is -5.08. The van der Waals surface area contributed by atoms with Gasteiger partial charge in [0.25, 0.3) is 0 Å². The van der Waals surface area contributed by atoms with E-state index in [1.54, 1.807) is 0 Å². The van der Waals surface area contributed by atoms with Crippen LogP contribution in [0, 0.1) is 18.8 Å². The Bertz CT molecular complexity index is 860. The van der Waals surface area contributed by atoms with Crippen LogP contribution in [0.4, 0.5) is 13.2 Å². The predicted octanol–water partition coefficient (Wildman–Crippen LogP) is 2.03. The van der Waals surface area contributed by atoms with Crippen molar-refractivity contribution in [2.24, 2.45) is 11.8 Å². The number of carboxylic acid groups (broad SMARTS) is 1. The highest BCUT2D eigenvalue weighted by molar-refractivity contribution is 7.93. The van der Waals surface area contributed by atoms with Crippen LogP contribution in [0.2, 0.25) is 0 Å². The first-order valence-corrected chi connectivity index (χ1v) is 11.3. The quantitative estimate of drug-likeness (QED) is 0.695. The molecule has 2 saturated heterocycles. The minimum Gasteiger partial charge on any atom is -0.475 e. The molecule has 0 bridgehead atoms. The zero-order valence-electron chi connectivity index (χ0n) is 16.5. The number of alkyl halides is 3. The average Bonchev–Trinajstić information content (AvgIpc) is 3.27. The van der Waals surface area contributed by atoms with Gasteiger partial charge in [0, 0.05) is 38.2 Å². The number of carbonyl (C=O) groups is 1. The summed E-state index contributed by atoms with van der Waals surface area (Å²) in [6.45, 7) is 5.10. The molecule has 3 aliphatic rings. The molecule has 0 aromatic carbocycles. The first kappa shape index (κ1) is 23.0. The first-order valence-electron chi connectivity index (χ1n) is 9.68. The first-order chi connectivity index (χ1) is 13.9. The van der Waals surface area contributed by atoms with Crippen LogP contribution >= 0.6 is 0 Å². The van der Waals surface area contributed by atoms with Gasteiger partial charge in [-0.1, -0.05) is 5.16 Å². The molecular formula is C18H25F3N2O6S. The van der Waals surface area contributed by atoms with E-state index in [9.17, 15) is 21.6 Å². The molecular weight excluding hydrogens is 429 g/mol. The second-order valence-electron chi connectivity index (χ2n) is 8.23. The summed E-state index contributed by atoms with van der Waals surface area (Å²) in [5.74, 6) is -0.803. The number of aromatic nitrogens is 1. The Hall–Kier alpha value is -1.66. The summed E-state index contributed by atoms with van der Waals surface area (Å²) in [6.07, 6.45) is -1.82. The molecule has 1 atom stereocenters. The Balaban J connectivity index is 0.000000318. The van der Waals surface area contributed by atoms with Gasteiger partial charge in [-0.25, -0.2) is 13.2 Å². The van der Waals surface area contributed by atoms with Gasteiger partial charge in [0.2, 0.25) is 0 Å². The van der Waals surface area contributed by atoms with Gasteiger partial charge in [-0.3, -0.25) is 4.90 Å². The fraction of sp³-hybridized carbons (Fsp3) is 0.778. The van der Waals surface area contributed by atoms with Gasteiger partial charge in [0.15, 0.2) is 9.84 Å². The molecule has 1 spiro atoms. The van der Waals surface area contributed by atoms with Crippen molar-refractivity contribution in [2.45, 2.75) is 43.7 Å². The lowest BCUT2D eigenvalue weighted by atomic mass is 9.83. The Kier molecular flexibility index (Phi) is 6.49. The SMILES string of the molecule is Cc1cc(CN2CC3(C2)C(COCC2CC2)CCS3(=O)=O)no1.O=C(O)C(F)(F)F. The average molecular weight is 454 g/mol. The third kappa shape index (κ3) is 5.14.